The average Bonchev–Trinajstić information content (AvgIpc) is 2.49. The number of benzene rings is 1. The maximum atomic E-state index is 14.5. The van der Waals surface area contributed by atoms with Crippen molar-refractivity contribution in [1.29, 1.82) is 0 Å². The zero-order valence-electron chi connectivity index (χ0n) is 12.3. The summed E-state index contributed by atoms with van der Waals surface area (Å²) in [6.45, 7) is 3.64. The molecule has 1 saturated heterocycles. The summed E-state index contributed by atoms with van der Waals surface area (Å²) >= 11 is 0. The molecule has 2 atom stereocenters. The minimum Gasteiger partial charge on any atom is -0.398 e. The van der Waals surface area contributed by atoms with Crippen molar-refractivity contribution in [1.82, 2.24) is 4.98 Å². The SMILES string of the molecule is COC1CN(c2c(F)cc(N)c3cccnc23)CCC1C. The number of anilines is 2. The van der Waals surface area contributed by atoms with Gasteiger partial charge in [0, 0.05) is 37.5 Å². The first-order valence-electron chi connectivity index (χ1n) is 7.22. The number of hydrogen-bond donors (Lipinski definition) is 1. The summed E-state index contributed by atoms with van der Waals surface area (Å²) in [4.78, 5) is 6.37. The smallest absolute Gasteiger partial charge is 0.150 e. The molecule has 1 aliphatic rings. The van der Waals surface area contributed by atoms with Gasteiger partial charge in [0.1, 0.15) is 0 Å². The Morgan fingerprint density at radius 3 is 3.05 bits per heavy atom. The van der Waals surface area contributed by atoms with E-state index in [2.05, 4.69) is 11.9 Å². The van der Waals surface area contributed by atoms with Crippen molar-refractivity contribution in [3.05, 3.63) is 30.2 Å². The molecule has 2 N–H and O–H groups in total. The Balaban J connectivity index is 2.08. The molecule has 0 radical (unpaired) electrons. The van der Waals surface area contributed by atoms with Crippen LogP contribution in [0.3, 0.4) is 0 Å². The molecule has 0 spiro atoms. The number of methoxy groups -OCH3 is 1. The lowest BCUT2D eigenvalue weighted by Gasteiger charge is -2.38. The minimum absolute atomic E-state index is 0.106. The highest BCUT2D eigenvalue weighted by Gasteiger charge is 2.29. The third kappa shape index (κ3) is 2.42. The Hall–Kier alpha value is -1.88. The fourth-order valence-corrected chi connectivity index (χ4v) is 3.07. The van der Waals surface area contributed by atoms with E-state index < -0.39 is 0 Å². The first-order chi connectivity index (χ1) is 10.1. The summed E-state index contributed by atoms with van der Waals surface area (Å²) in [6.07, 6.45) is 2.75. The standard InChI is InChI=1S/C16H20FN3O/c1-10-5-7-20(9-14(10)21-2)16-12(17)8-13(18)11-4-3-6-19-15(11)16/h3-4,6,8,10,14H,5,7,9,18H2,1-2H3. The second kappa shape index (κ2) is 5.48. The number of pyridine rings is 1. The zero-order chi connectivity index (χ0) is 15.0. The Morgan fingerprint density at radius 1 is 1.48 bits per heavy atom. The fourth-order valence-electron chi connectivity index (χ4n) is 3.07. The van der Waals surface area contributed by atoms with E-state index >= 15 is 0 Å². The number of nitrogens with two attached hydrogens (primary N) is 1. The highest BCUT2D eigenvalue weighted by atomic mass is 19.1. The van der Waals surface area contributed by atoms with E-state index in [-0.39, 0.29) is 11.9 Å². The molecule has 2 unspecified atom stereocenters. The highest BCUT2D eigenvalue weighted by Crippen LogP contribution is 2.34. The van der Waals surface area contributed by atoms with E-state index in [4.69, 9.17) is 10.5 Å². The lowest BCUT2D eigenvalue weighted by atomic mass is 9.95. The molecule has 4 nitrogen and oxygen atoms in total. The van der Waals surface area contributed by atoms with Gasteiger partial charge in [0.15, 0.2) is 5.82 Å². The lowest BCUT2D eigenvalue weighted by molar-refractivity contribution is 0.0497. The van der Waals surface area contributed by atoms with Gasteiger partial charge in [0.25, 0.3) is 0 Å². The highest BCUT2D eigenvalue weighted by molar-refractivity contribution is 5.98. The van der Waals surface area contributed by atoms with Crippen LogP contribution >= 0.6 is 0 Å². The van der Waals surface area contributed by atoms with E-state index in [9.17, 15) is 4.39 Å². The number of piperidine rings is 1. The number of fused-ring (bicyclic) bond motifs is 1. The summed E-state index contributed by atoms with van der Waals surface area (Å²) < 4.78 is 20.0. The van der Waals surface area contributed by atoms with Crippen LogP contribution in [0.25, 0.3) is 10.9 Å². The number of halogens is 1. The largest absolute Gasteiger partial charge is 0.398 e. The molecule has 1 aromatic heterocycles. The summed E-state index contributed by atoms with van der Waals surface area (Å²) in [5, 5.41) is 0.793. The van der Waals surface area contributed by atoms with Crippen LogP contribution in [0.4, 0.5) is 15.8 Å². The van der Waals surface area contributed by atoms with Gasteiger partial charge >= 0.3 is 0 Å². The van der Waals surface area contributed by atoms with Crippen molar-refractivity contribution < 1.29 is 9.13 Å². The summed E-state index contributed by atoms with van der Waals surface area (Å²) in [6, 6.07) is 5.08. The van der Waals surface area contributed by atoms with E-state index in [0.29, 0.717) is 29.4 Å². The predicted octanol–water partition coefficient (Wildman–Crippen LogP) is 2.82. The topological polar surface area (TPSA) is 51.4 Å². The van der Waals surface area contributed by atoms with Crippen LogP contribution < -0.4 is 10.6 Å². The van der Waals surface area contributed by atoms with Gasteiger partial charge in [-0.25, -0.2) is 4.39 Å². The molecule has 3 rings (SSSR count). The van der Waals surface area contributed by atoms with Gasteiger partial charge in [-0.05, 0) is 30.5 Å². The second-order valence-electron chi connectivity index (χ2n) is 5.68. The van der Waals surface area contributed by atoms with Crippen LogP contribution in [0.1, 0.15) is 13.3 Å². The first kappa shape index (κ1) is 14.1. The molecule has 1 fully saturated rings. The van der Waals surface area contributed by atoms with Gasteiger partial charge in [-0.2, -0.15) is 0 Å². The summed E-state index contributed by atoms with van der Waals surface area (Å²) in [5.41, 5.74) is 7.49. The quantitative estimate of drug-likeness (QED) is 0.864. The number of hydrogen-bond acceptors (Lipinski definition) is 4. The van der Waals surface area contributed by atoms with Gasteiger partial charge in [-0.15, -0.1) is 0 Å². The molecule has 1 aliphatic heterocycles. The minimum atomic E-state index is -0.317. The van der Waals surface area contributed by atoms with Gasteiger partial charge in [0.05, 0.1) is 17.3 Å². The van der Waals surface area contributed by atoms with Crippen LogP contribution in [-0.4, -0.2) is 31.3 Å². The summed E-state index contributed by atoms with van der Waals surface area (Å²) in [7, 11) is 1.71. The normalized spacial score (nSPS) is 22.7. The van der Waals surface area contributed by atoms with Gasteiger partial charge in [-0.3, -0.25) is 4.98 Å². The predicted molar refractivity (Wildman–Crippen MR) is 82.9 cm³/mol. The third-order valence-electron chi connectivity index (χ3n) is 4.36. The van der Waals surface area contributed by atoms with Crippen LogP contribution in [-0.2, 0) is 4.74 Å². The molecule has 21 heavy (non-hydrogen) atoms. The molecular weight excluding hydrogens is 269 g/mol. The van der Waals surface area contributed by atoms with Crippen molar-refractivity contribution in [2.45, 2.75) is 19.4 Å². The molecule has 112 valence electrons. The molecule has 1 aromatic carbocycles. The van der Waals surface area contributed by atoms with Gasteiger partial charge < -0.3 is 15.4 Å². The van der Waals surface area contributed by atoms with E-state index in [1.54, 1.807) is 13.3 Å². The number of nitrogen functional groups attached to an aromatic ring is 1. The van der Waals surface area contributed by atoms with Crippen LogP contribution in [0.2, 0.25) is 0 Å². The molecule has 0 aliphatic carbocycles. The molecule has 0 saturated carbocycles. The van der Waals surface area contributed by atoms with Gasteiger partial charge in [0.2, 0.25) is 0 Å². The molecule has 5 heteroatoms. The average molecular weight is 289 g/mol. The maximum absolute atomic E-state index is 14.5. The first-order valence-corrected chi connectivity index (χ1v) is 7.22. The van der Waals surface area contributed by atoms with E-state index in [1.807, 2.05) is 17.0 Å². The molecular formula is C16H20FN3O. The molecule has 2 heterocycles. The van der Waals surface area contributed by atoms with Gasteiger partial charge in [-0.1, -0.05) is 6.92 Å². The Labute approximate surface area is 123 Å². The molecule has 0 amide bonds. The Morgan fingerprint density at radius 2 is 2.29 bits per heavy atom. The summed E-state index contributed by atoms with van der Waals surface area (Å²) in [5.74, 6) is 0.158. The van der Waals surface area contributed by atoms with Crippen molar-refractivity contribution >= 4 is 22.3 Å². The molecule has 2 aromatic rings. The van der Waals surface area contributed by atoms with Crippen LogP contribution in [0.15, 0.2) is 24.4 Å². The number of ether oxygens (including phenoxy) is 1. The Bertz CT molecular complexity index is 661. The fraction of sp³-hybridized carbons (Fsp3) is 0.438. The Kier molecular flexibility index (Phi) is 3.68. The monoisotopic (exact) mass is 289 g/mol. The lowest BCUT2D eigenvalue weighted by Crippen LogP contribution is -2.44. The van der Waals surface area contributed by atoms with Crippen molar-refractivity contribution in [2.75, 3.05) is 30.8 Å². The van der Waals surface area contributed by atoms with Crippen LogP contribution in [0.5, 0.6) is 0 Å². The van der Waals surface area contributed by atoms with Crippen molar-refractivity contribution in [3.8, 4) is 0 Å². The zero-order valence-corrected chi connectivity index (χ0v) is 12.3. The van der Waals surface area contributed by atoms with Crippen LogP contribution in [0, 0.1) is 11.7 Å². The maximum Gasteiger partial charge on any atom is 0.150 e. The van der Waals surface area contributed by atoms with Crippen molar-refractivity contribution in [3.63, 3.8) is 0 Å². The molecule has 0 bridgehead atoms. The number of nitrogens with zero attached hydrogens (tertiary/aromatic N) is 2. The third-order valence-corrected chi connectivity index (χ3v) is 4.36. The van der Waals surface area contributed by atoms with E-state index in [0.717, 1.165) is 18.4 Å². The van der Waals surface area contributed by atoms with E-state index in [1.165, 1.54) is 6.07 Å². The number of aromatic nitrogens is 1. The number of rotatable bonds is 2. The van der Waals surface area contributed by atoms with Crippen molar-refractivity contribution in [2.24, 2.45) is 5.92 Å². The second-order valence-corrected chi connectivity index (χ2v) is 5.68.